The summed E-state index contributed by atoms with van der Waals surface area (Å²) in [6.07, 6.45) is -1.17. The van der Waals surface area contributed by atoms with E-state index in [0.717, 1.165) is 16.7 Å². The van der Waals surface area contributed by atoms with Crippen LogP contribution in [0.5, 0.6) is 0 Å². The number of hydrogen-bond acceptors (Lipinski definition) is 8. The molecule has 238 valence electrons. The summed E-state index contributed by atoms with van der Waals surface area (Å²) in [6.45, 7) is 3.16. The second kappa shape index (κ2) is 18.5. The highest BCUT2D eigenvalue weighted by atomic mass is 16.6. The van der Waals surface area contributed by atoms with Gasteiger partial charge in [-0.25, -0.2) is 9.59 Å². The molecular formula is C34H39N3O8. The van der Waals surface area contributed by atoms with Crippen LogP contribution in [-0.2, 0) is 53.2 Å². The molecule has 2 atom stereocenters. The summed E-state index contributed by atoms with van der Waals surface area (Å²) in [4.78, 5) is 63.3. The highest BCUT2D eigenvalue weighted by Gasteiger charge is 2.28. The zero-order valence-corrected chi connectivity index (χ0v) is 25.4. The zero-order valence-electron chi connectivity index (χ0n) is 25.4. The number of ether oxygens (including phenoxy) is 3. The number of amides is 3. The van der Waals surface area contributed by atoms with Crippen molar-refractivity contribution in [3.8, 4) is 0 Å². The lowest BCUT2D eigenvalue weighted by Crippen LogP contribution is -2.51. The highest BCUT2D eigenvalue weighted by Crippen LogP contribution is 2.09. The van der Waals surface area contributed by atoms with Crippen LogP contribution in [0.1, 0.15) is 43.4 Å². The van der Waals surface area contributed by atoms with E-state index in [9.17, 15) is 24.0 Å². The Bertz CT molecular complexity index is 1380. The maximum absolute atomic E-state index is 12.9. The number of benzene rings is 3. The molecule has 3 amide bonds. The third-order valence-electron chi connectivity index (χ3n) is 6.59. The number of alkyl carbamates (subject to hydrolysis) is 1. The molecule has 0 heterocycles. The predicted molar refractivity (Wildman–Crippen MR) is 165 cm³/mol. The van der Waals surface area contributed by atoms with Gasteiger partial charge in [-0.1, -0.05) is 105 Å². The Balaban J connectivity index is 1.52. The molecule has 0 bridgehead atoms. The number of esters is 2. The van der Waals surface area contributed by atoms with Crippen LogP contribution in [0.3, 0.4) is 0 Å². The average Bonchev–Trinajstić information content (AvgIpc) is 3.06. The molecule has 0 fully saturated rings. The van der Waals surface area contributed by atoms with Crippen molar-refractivity contribution in [2.45, 2.75) is 58.6 Å². The van der Waals surface area contributed by atoms with Gasteiger partial charge in [-0.05, 0) is 29.0 Å². The quantitative estimate of drug-likeness (QED) is 0.162. The Morgan fingerprint density at radius 3 is 1.64 bits per heavy atom. The van der Waals surface area contributed by atoms with Crippen molar-refractivity contribution < 1.29 is 38.2 Å². The summed E-state index contributed by atoms with van der Waals surface area (Å²) in [5.41, 5.74) is 2.33. The maximum atomic E-state index is 12.9. The van der Waals surface area contributed by atoms with Crippen LogP contribution in [0.25, 0.3) is 0 Å². The second-order valence-electron chi connectivity index (χ2n) is 10.5. The highest BCUT2D eigenvalue weighted by molar-refractivity contribution is 5.90. The fraction of sp³-hybridized carbons (Fsp3) is 0.324. The first-order chi connectivity index (χ1) is 21.7. The van der Waals surface area contributed by atoms with Gasteiger partial charge in [0, 0.05) is 6.42 Å². The summed E-state index contributed by atoms with van der Waals surface area (Å²) in [7, 11) is 0. The SMILES string of the molecule is CC(C)[C@H](NC(=O)CC[C@H](NC(=O)OCc1ccccc1)C(=O)OCc1ccccc1)C(=O)NCC(=O)OCc1ccccc1. The van der Waals surface area contributed by atoms with Crippen LogP contribution in [0, 0.1) is 5.92 Å². The first kappa shape index (κ1) is 34.3. The molecule has 11 heteroatoms. The van der Waals surface area contributed by atoms with E-state index in [1.54, 1.807) is 62.4 Å². The molecule has 3 rings (SSSR count). The van der Waals surface area contributed by atoms with Crippen LogP contribution in [0.2, 0.25) is 0 Å². The second-order valence-corrected chi connectivity index (χ2v) is 10.5. The number of rotatable bonds is 16. The molecule has 0 aliphatic rings. The van der Waals surface area contributed by atoms with Gasteiger partial charge in [-0.2, -0.15) is 0 Å². The van der Waals surface area contributed by atoms with Gasteiger partial charge >= 0.3 is 18.0 Å². The molecule has 11 nitrogen and oxygen atoms in total. The molecule has 0 spiro atoms. The van der Waals surface area contributed by atoms with Gasteiger partial charge < -0.3 is 30.2 Å². The van der Waals surface area contributed by atoms with E-state index in [0.29, 0.717) is 0 Å². The van der Waals surface area contributed by atoms with Crippen LogP contribution < -0.4 is 16.0 Å². The Morgan fingerprint density at radius 1 is 0.644 bits per heavy atom. The van der Waals surface area contributed by atoms with Crippen molar-refractivity contribution in [1.82, 2.24) is 16.0 Å². The van der Waals surface area contributed by atoms with Crippen molar-refractivity contribution in [1.29, 1.82) is 0 Å². The first-order valence-electron chi connectivity index (χ1n) is 14.7. The minimum absolute atomic E-state index is 0.01000. The standard InChI is InChI=1S/C34H39N3O8/c1-24(2)31(32(40)35-20-30(39)43-21-25-12-6-3-7-13-25)37-29(38)19-18-28(33(41)44-22-26-14-8-4-9-15-26)36-34(42)45-23-27-16-10-5-11-17-27/h3-17,24,28,31H,18-23H2,1-2H3,(H,35,40)(H,36,42)(H,37,38)/t28-,31-/m0/s1. The van der Waals surface area contributed by atoms with Gasteiger partial charge in [0.1, 0.15) is 38.4 Å². The van der Waals surface area contributed by atoms with Crippen LogP contribution >= 0.6 is 0 Å². The smallest absolute Gasteiger partial charge is 0.408 e. The Hall–Kier alpha value is -5.19. The fourth-order valence-electron chi connectivity index (χ4n) is 4.10. The molecule has 0 saturated heterocycles. The molecule has 0 radical (unpaired) electrons. The summed E-state index contributed by atoms with van der Waals surface area (Å²) in [6, 6.07) is 25.0. The van der Waals surface area contributed by atoms with Crippen molar-refractivity contribution in [2.75, 3.05) is 6.54 Å². The lowest BCUT2D eigenvalue weighted by molar-refractivity contribution is -0.147. The van der Waals surface area contributed by atoms with Gasteiger partial charge in [-0.15, -0.1) is 0 Å². The molecule has 0 aromatic heterocycles. The van der Waals surface area contributed by atoms with Crippen molar-refractivity contribution >= 4 is 29.8 Å². The van der Waals surface area contributed by atoms with E-state index in [-0.39, 0.29) is 45.1 Å². The average molecular weight is 618 g/mol. The van der Waals surface area contributed by atoms with Gasteiger partial charge in [0.25, 0.3) is 0 Å². The van der Waals surface area contributed by atoms with E-state index in [1.165, 1.54) is 0 Å². The van der Waals surface area contributed by atoms with Gasteiger partial charge in [-0.3, -0.25) is 14.4 Å². The summed E-state index contributed by atoms with van der Waals surface area (Å²) in [5.74, 6) is -2.77. The molecule has 3 N–H and O–H groups in total. The van der Waals surface area contributed by atoms with Gasteiger partial charge in [0.15, 0.2) is 0 Å². The zero-order chi connectivity index (χ0) is 32.4. The van der Waals surface area contributed by atoms with E-state index in [4.69, 9.17) is 14.2 Å². The van der Waals surface area contributed by atoms with Crippen molar-refractivity contribution in [3.05, 3.63) is 108 Å². The van der Waals surface area contributed by atoms with Crippen molar-refractivity contribution in [2.24, 2.45) is 5.92 Å². The molecule has 0 aliphatic heterocycles. The topological polar surface area (TPSA) is 149 Å². The van der Waals surface area contributed by atoms with Crippen LogP contribution in [0.4, 0.5) is 4.79 Å². The van der Waals surface area contributed by atoms with Crippen LogP contribution in [0.15, 0.2) is 91.0 Å². The molecule has 0 aliphatic carbocycles. The monoisotopic (exact) mass is 617 g/mol. The van der Waals surface area contributed by atoms with E-state index in [2.05, 4.69) is 16.0 Å². The minimum Gasteiger partial charge on any atom is -0.460 e. The Kier molecular flexibility index (Phi) is 14.1. The summed E-state index contributed by atoms with van der Waals surface area (Å²) < 4.78 is 15.8. The summed E-state index contributed by atoms with van der Waals surface area (Å²) >= 11 is 0. The molecule has 45 heavy (non-hydrogen) atoms. The predicted octanol–water partition coefficient (Wildman–Crippen LogP) is 3.81. The van der Waals surface area contributed by atoms with E-state index >= 15 is 0 Å². The third kappa shape index (κ3) is 12.9. The fourth-order valence-corrected chi connectivity index (χ4v) is 4.10. The Labute approximate surface area is 262 Å². The lowest BCUT2D eigenvalue weighted by atomic mass is 10.0. The molecule has 3 aromatic rings. The summed E-state index contributed by atoms with van der Waals surface area (Å²) in [5, 5.41) is 7.64. The largest absolute Gasteiger partial charge is 0.460 e. The first-order valence-corrected chi connectivity index (χ1v) is 14.7. The van der Waals surface area contributed by atoms with Crippen molar-refractivity contribution in [3.63, 3.8) is 0 Å². The molecule has 0 saturated carbocycles. The van der Waals surface area contributed by atoms with Gasteiger partial charge in [0.05, 0.1) is 0 Å². The molecule has 0 unspecified atom stereocenters. The number of hydrogen-bond donors (Lipinski definition) is 3. The van der Waals surface area contributed by atoms with Crippen LogP contribution in [-0.4, -0.2) is 48.5 Å². The number of nitrogens with one attached hydrogen (secondary N) is 3. The maximum Gasteiger partial charge on any atom is 0.408 e. The number of carbonyl (C=O) groups excluding carboxylic acids is 5. The van der Waals surface area contributed by atoms with Gasteiger partial charge in [0.2, 0.25) is 11.8 Å². The lowest BCUT2D eigenvalue weighted by Gasteiger charge is -2.22. The van der Waals surface area contributed by atoms with E-state index < -0.39 is 41.9 Å². The third-order valence-corrected chi connectivity index (χ3v) is 6.59. The normalized spacial score (nSPS) is 11.9. The number of carbonyl (C=O) groups is 5. The molecular weight excluding hydrogens is 578 g/mol. The Morgan fingerprint density at radius 2 is 1.13 bits per heavy atom. The van der Waals surface area contributed by atoms with E-state index in [1.807, 2.05) is 42.5 Å². The minimum atomic E-state index is -1.19. The molecule has 3 aromatic carbocycles.